The fraction of sp³-hybridized carbons (Fsp3) is 0.750. The number of nitrogens with zero attached hydrogens (tertiary/aromatic N) is 2. The van der Waals surface area contributed by atoms with Crippen LogP contribution >= 0.6 is 11.5 Å². The van der Waals surface area contributed by atoms with Crippen LogP contribution in [0.5, 0.6) is 0 Å². The fourth-order valence-corrected chi connectivity index (χ4v) is 3.70. The molecule has 1 atom stereocenters. The summed E-state index contributed by atoms with van der Waals surface area (Å²) >= 11 is 1.33. The van der Waals surface area contributed by atoms with Crippen molar-refractivity contribution in [3.8, 4) is 0 Å². The Kier molecular flexibility index (Phi) is 6.80. The molecule has 2 heterocycles. The number of carbonyl (C=O) groups is 1. The van der Waals surface area contributed by atoms with Gasteiger partial charge in [0.05, 0.1) is 24.5 Å². The van der Waals surface area contributed by atoms with Gasteiger partial charge in [0.1, 0.15) is 5.00 Å². The lowest BCUT2D eigenvalue weighted by Crippen LogP contribution is -2.49. The third-order valence-corrected chi connectivity index (χ3v) is 5.08. The van der Waals surface area contributed by atoms with Crippen LogP contribution in [0.4, 0.5) is 5.00 Å². The second-order valence-electron chi connectivity index (χ2n) is 6.36. The minimum Gasteiger partial charge on any atom is -0.379 e. The normalized spacial score (nSPS) is 17.3. The number of nitrogens with one attached hydrogen (secondary N) is 2. The largest absolute Gasteiger partial charge is 0.379 e. The van der Waals surface area contributed by atoms with Crippen LogP contribution in [0.15, 0.2) is 0 Å². The first-order valence-electron chi connectivity index (χ1n) is 8.27. The van der Waals surface area contributed by atoms with Crippen LogP contribution < -0.4 is 10.6 Å². The summed E-state index contributed by atoms with van der Waals surface area (Å²) in [5.74, 6) is 0.555. The molecule has 1 amide bonds. The van der Waals surface area contributed by atoms with E-state index in [1.54, 1.807) is 0 Å². The van der Waals surface area contributed by atoms with Gasteiger partial charge in [0.15, 0.2) is 0 Å². The third-order valence-electron chi connectivity index (χ3n) is 4.12. The molecule has 0 radical (unpaired) electrons. The summed E-state index contributed by atoms with van der Waals surface area (Å²) in [7, 11) is 1.82. The Bertz CT molecular complexity index is 512. The molecular weight excluding hydrogens is 312 g/mol. The van der Waals surface area contributed by atoms with Gasteiger partial charge in [-0.05, 0) is 30.8 Å². The predicted molar refractivity (Wildman–Crippen MR) is 94.4 cm³/mol. The standard InChI is InChI=1S/C16H28N4O2S/c1-11(2)9-13(20-5-7-22-8-6-20)10-18-15(21)14-12(3)19-23-16(14)17-4/h11,13,17H,5-10H2,1-4H3,(H,18,21)/t13-/m0/s1. The van der Waals surface area contributed by atoms with Crippen molar-refractivity contribution in [3.63, 3.8) is 0 Å². The van der Waals surface area contributed by atoms with Gasteiger partial charge >= 0.3 is 0 Å². The van der Waals surface area contributed by atoms with Crippen LogP contribution in [-0.4, -0.2) is 61.1 Å². The van der Waals surface area contributed by atoms with Crippen LogP contribution in [0.2, 0.25) is 0 Å². The number of ether oxygens (including phenoxy) is 1. The summed E-state index contributed by atoms with van der Waals surface area (Å²) in [4.78, 5) is 15.0. The van der Waals surface area contributed by atoms with Gasteiger partial charge in [0, 0.05) is 32.7 Å². The molecule has 0 aromatic carbocycles. The number of hydrogen-bond donors (Lipinski definition) is 2. The van der Waals surface area contributed by atoms with Crippen molar-refractivity contribution in [2.75, 3.05) is 45.2 Å². The molecule has 6 nitrogen and oxygen atoms in total. The average Bonchev–Trinajstić information content (AvgIpc) is 2.92. The summed E-state index contributed by atoms with van der Waals surface area (Å²) in [5, 5.41) is 6.98. The number of carbonyl (C=O) groups excluding carboxylic acids is 1. The number of aromatic nitrogens is 1. The van der Waals surface area contributed by atoms with Crippen molar-refractivity contribution in [1.82, 2.24) is 14.6 Å². The van der Waals surface area contributed by atoms with Gasteiger partial charge in [0.2, 0.25) is 0 Å². The Morgan fingerprint density at radius 3 is 2.70 bits per heavy atom. The molecule has 2 rings (SSSR count). The second kappa shape index (κ2) is 8.61. The number of rotatable bonds is 7. The first-order valence-corrected chi connectivity index (χ1v) is 9.04. The first-order chi connectivity index (χ1) is 11.0. The van der Waals surface area contributed by atoms with Crippen molar-refractivity contribution in [3.05, 3.63) is 11.3 Å². The van der Waals surface area contributed by atoms with Crippen LogP contribution in [0.25, 0.3) is 0 Å². The van der Waals surface area contributed by atoms with E-state index in [0.717, 1.165) is 43.4 Å². The predicted octanol–water partition coefficient (Wildman–Crippen LogP) is 1.97. The molecule has 0 saturated carbocycles. The number of morpholine rings is 1. The molecule has 1 fully saturated rings. The highest BCUT2D eigenvalue weighted by Crippen LogP contribution is 2.23. The highest BCUT2D eigenvalue weighted by Gasteiger charge is 2.24. The number of amides is 1. The van der Waals surface area contributed by atoms with Crippen LogP contribution in [0.1, 0.15) is 36.3 Å². The molecule has 1 aromatic heterocycles. The summed E-state index contributed by atoms with van der Waals surface area (Å²) < 4.78 is 9.71. The minimum atomic E-state index is -0.0392. The van der Waals surface area contributed by atoms with E-state index in [0.29, 0.717) is 24.1 Å². The van der Waals surface area contributed by atoms with Gasteiger partial charge in [-0.25, -0.2) is 0 Å². The zero-order valence-corrected chi connectivity index (χ0v) is 15.3. The number of anilines is 1. The maximum atomic E-state index is 12.6. The van der Waals surface area contributed by atoms with Gasteiger partial charge in [0.25, 0.3) is 5.91 Å². The number of aryl methyl sites for hydroxylation is 1. The molecule has 1 aliphatic rings. The fourth-order valence-electron chi connectivity index (χ4n) is 2.95. The molecule has 1 aromatic rings. The molecule has 1 saturated heterocycles. The van der Waals surface area contributed by atoms with E-state index in [1.165, 1.54) is 11.5 Å². The van der Waals surface area contributed by atoms with Crippen molar-refractivity contribution >= 4 is 22.4 Å². The SMILES string of the molecule is CNc1snc(C)c1C(=O)NC[C@H](CC(C)C)N1CCOCC1. The maximum absolute atomic E-state index is 12.6. The Hall–Kier alpha value is -1.18. The van der Waals surface area contributed by atoms with Crippen LogP contribution in [0, 0.1) is 12.8 Å². The zero-order chi connectivity index (χ0) is 16.8. The summed E-state index contributed by atoms with van der Waals surface area (Å²) in [6.07, 6.45) is 1.07. The van der Waals surface area contributed by atoms with Crippen LogP contribution in [-0.2, 0) is 4.74 Å². The summed E-state index contributed by atoms with van der Waals surface area (Å²) in [6.45, 7) is 10.4. The van der Waals surface area contributed by atoms with Gasteiger partial charge in [-0.1, -0.05) is 13.8 Å². The zero-order valence-electron chi connectivity index (χ0n) is 14.5. The Morgan fingerprint density at radius 2 is 2.09 bits per heavy atom. The van der Waals surface area contributed by atoms with Gasteiger partial charge in [-0.2, -0.15) is 4.37 Å². The Balaban J connectivity index is 1.99. The highest BCUT2D eigenvalue weighted by molar-refractivity contribution is 7.10. The molecule has 7 heteroatoms. The van der Waals surface area contributed by atoms with E-state index in [4.69, 9.17) is 4.74 Å². The summed E-state index contributed by atoms with van der Waals surface area (Å²) in [5.41, 5.74) is 1.45. The van der Waals surface area contributed by atoms with E-state index in [1.807, 2.05) is 14.0 Å². The maximum Gasteiger partial charge on any atom is 0.256 e. The van der Waals surface area contributed by atoms with Crippen molar-refractivity contribution in [2.24, 2.45) is 5.92 Å². The molecule has 1 aliphatic heterocycles. The lowest BCUT2D eigenvalue weighted by molar-refractivity contribution is 0.0124. The highest BCUT2D eigenvalue weighted by atomic mass is 32.1. The Labute approximate surface area is 142 Å². The van der Waals surface area contributed by atoms with E-state index >= 15 is 0 Å². The number of hydrogen-bond acceptors (Lipinski definition) is 6. The second-order valence-corrected chi connectivity index (χ2v) is 7.14. The van der Waals surface area contributed by atoms with E-state index in [-0.39, 0.29) is 5.91 Å². The Morgan fingerprint density at radius 1 is 1.39 bits per heavy atom. The van der Waals surface area contributed by atoms with Gasteiger partial charge in [-0.15, -0.1) is 0 Å². The lowest BCUT2D eigenvalue weighted by Gasteiger charge is -2.35. The average molecular weight is 340 g/mol. The van der Waals surface area contributed by atoms with E-state index in [9.17, 15) is 4.79 Å². The van der Waals surface area contributed by atoms with Crippen molar-refractivity contribution < 1.29 is 9.53 Å². The van der Waals surface area contributed by atoms with E-state index < -0.39 is 0 Å². The smallest absolute Gasteiger partial charge is 0.256 e. The lowest BCUT2D eigenvalue weighted by atomic mass is 10.0. The van der Waals surface area contributed by atoms with Crippen LogP contribution in [0.3, 0.4) is 0 Å². The molecule has 0 unspecified atom stereocenters. The third kappa shape index (κ3) is 4.89. The molecule has 130 valence electrons. The summed E-state index contributed by atoms with van der Waals surface area (Å²) in [6, 6.07) is 0.354. The molecule has 0 bridgehead atoms. The molecule has 2 N–H and O–H groups in total. The topological polar surface area (TPSA) is 66.5 Å². The minimum absolute atomic E-state index is 0.0392. The van der Waals surface area contributed by atoms with Crippen molar-refractivity contribution in [2.45, 2.75) is 33.2 Å². The molecule has 23 heavy (non-hydrogen) atoms. The monoisotopic (exact) mass is 340 g/mol. The molecule has 0 spiro atoms. The van der Waals surface area contributed by atoms with Crippen molar-refractivity contribution in [1.29, 1.82) is 0 Å². The van der Waals surface area contributed by atoms with Gasteiger partial charge in [-0.3, -0.25) is 9.69 Å². The molecule has 0 aliphatic carbocycles. The van der Waals surface area contributed by atoms with Gasteiger partial charge < -0.3 is 15.4 Å². The molecular formula is C16H28N4O2S. The van der Waals surface area contributed by atoms with E-state index in [2.05, 4.69) is 33.8 Å². The first kappa shape index (κ1) is 18.2. The quantitative estimate of drug-likeness (QED) is 0.794.